The molecule has 5 heteroatoms. The third-order valence-electron chi connectivity index (χ3n) is 5.30. The van der Waals surface area contributed by atoms with Crippen LogP contribution in [0.25, 0.3) is 5.69 Å². The largest absolute Gasteiger partial charge is 0.370 e. The third kappa shape index (κ3) is 3.00. The van der Waals surface area contributed by atoms with E-state index in [1.165, 1.54) is 55.7 Å². The lowest BCUT2D eigenvalue weighted by Crippen LogP contribution is -2.30. The highest BCUT2D eigenvalue weighted by molar-refractivity contribution is 9.10. The van der Waals surface area contributed by atoms with Crippen LogP contribution >= 0.6 is 15.9 Å². The number of halogens is 1. The Hall–Kier alpha value is -1.33. The van der Waals surface area contributed by atoms with Gasteiger partial charge in [0.05, 0.1) is 17.4 Å². The quantitative estimate of drug-likeness (QED) is 0.819. The van der Waals surface area contributed by atoms with Gasteiger partial charge in [-0.05, 0) is 63.9 Å². The summed E-state index contributed by atoms with van der Waals surface area (Å²) in [5, 5.41) is 8.76. The predicted octanol–water partition coefficient (Wildman–Crippen LogP) is 4.54. The van der Waals surface area contributed by atoms with E-state index in [4.69, 9.17) is 5.10 Å². The minimum Gasteiger partial charge on any atom is -0.370 e. The lowest BCUT2D eigenvalue weighted by Gasteiger charge is -2.31. The lowest BCUT2D eigenvalue weighted by atomic mass is 9.96. The first-order valence-electron chi connectivity index (χ1n) is 9.06. The molecule has 4 nitrogen and oxygen atoms in total. The van der Waals surface area contributed by atoms with E-state index in [2.05, 4.69) is 62.1 Å². The molecule has 1 saturated heterocycles. The van der Waals surface area contributed by atoms with Gasteiger partial charge in [-0.1, -0.05) is 28.4 Å². The van der Waals surface area contributed by atoms with Crippen LogP contribution in [0, 0.1) is 0 Å². The van der Waals surface area contributed by atoms with Gasteiger partial charge in [0.1, 0.15) is 5.82 Å². The maximum atomic E-state index is 5.11. The zero-order chi connectivity index (χ0) is 16.5. The van der Waals surface area contributed by atoms with E-state index >= 15 is 0 Å². The van der Waals surface area contributed by atoms with Crippen LogP contribution in [-0.2, 0) is 6.42 Å². The van der Waals surface area contributed by atoms with Crippen molar-refractivity contribution in [3.05, 3.63) is 40.0 Å². The van der Waals surface area contributed by atoms with Gasteiger partial charge in [-0.3, -0.25) is 4.90 Å². The smallest absolute Gasteiger partial charge is 0.133 e. The predicted molar refractivity (Wildman–Crippen MR) is 102 cm³/mol. The molecule has 2 aliphatic heterocycles. The van der Waals surface area contributed by atoms with Crippen molar-refractivity contribution in [2.45, 2.75) is 44.6 Å². The molecule has 1 fully saturated rings. The van der Waals surface area contributed by atoms with Crippen LogP contribution in [0.2, 0.25) is 0 Å². The van der Waals surface area contributed by atoms with Gasteiger partial charge < -0.3 is 5.32 Å². The van der Waals surface area contributed by atoms with Crippen molar-refractivity contribution in [3.8, 4) is 5.69 Å². The number of nitrogens with zero attached hydrogens (tertiary/aromatic N) is 3. The van der Waals surface area contributed by atoms with Crippen molar-refractivity contribution in [3.63, 3.8) is 0 Å². The molecule has 1 unspecified atom stereocenters. The SMILES string of the molecule is CN1CCCCC1c1nn(-c2cccc(Br)c2)c2c1CCCCN2. The third-order valence-corrected chi connectivity index (χ3v) is 5.79. The van der Waals surface area contributed by atoms with Crippen molar-refractivity contribution in [1.29, 1.82) is 0 Å². The van der Waals surface area contributed by atoms with E-state index in [1.807, 2.05) is 0 Å². The van der Waals surface area contributed by atoms with Crippen molar-refractivity contribution in [2.75, 3.05) is 25.5 Å². The Morgan fingerprint density at radius 1 is 1.21 bits per heavy atom. The van der Waals surface area contributed by atoms with Crippen LogP contribution < -0.4 is 5.32 Å². The summed E-state index contributed by atoms with van der Waals surface area (Å²) in [5.74, 6) is 1.21. The summed E-state index contributed by atoms with van der Waals surface area (Å²) >= 11 is 3.59. The van der Waals surface area contributed by atoms with Crippen LogP contribution in [0.1, 0.15) is 49.4 Å². The fourth-order valence-electron chi connectivity index (χ4n) is 4.01. The normalized spacial score (nSPS) is 21.8. The Morgan fingerprint density at radius 3 is 2.96 bits per heavy atom. The molecule has 0 saturated carbocycles. The van der Waals surface area contributed by atoms with E-state index in [1.54, 1.807) is 0 Å². The lowest BCUT2D eigenvalue weighted by molar-refractivity contribution is 0.182. The van der Waals surface area contributed by atoms with Crippen molar-refractivity contribution in [2.24, 2.45) is 0 Å². The number of aromatic nitrogens is 2. The maximum Gasteiger partial charge on any atom is 0.133 e. The molecule has 0 radical (unpaired) electrons. The second-order valence-electron chi connectivity index (χ2n) is 6.98. The van der Waals surface area contributed by atoms with Crippen LogP contribution in [0.3, 0.4) is 0 Å². The van der Waals surface area contributed by atoms with Gasteiger partial charge in [0.2, 0.25) is 0 Å². The average molecular weight is 389 g/mol. The van der Waals surface area contributed by atoms with E-state index < -0.39 is 0 Å². The number of rotatable bonds is 2. The molecule has 128 valence electrons. The molecular weight excluding hydrogens is 364 g/mol. The van der Waals surface area contributed by atoms with Gasteiger partial charge >= 0.3 is 0 Å². The molecule has 2 aromatic rings. The minimum absolute atomic E-state index is 0.459. The molecule has 1 N–H and O–H groups in total. The van der Waals surface area contributed by atoms with Crippen molar-refractivity contribution < 1.29 is 0 Å². The molecule has 24 heavy (non-hydrogen) atoms. The molecule has 0 amide bonds. The van der Waals surface area contributed by atoms with E-state index in [-0.39, 0.29) is 0 Å². The molecule has 1 atom stereocenters. The number of nitrogens with one attached hydrogen (secondary N) is 1. The Kier molecular flexibility index (Phi) is 4.63. The zero-order valence-corrected chi connectivity index (χ0v) is 15.8. The number of anilines is 1. The van der Waals surface area contributed by atoms with E-state index in [0.717, 1.165) is 23.1 Å². The maximum absolute atomic E-state index is 5.11. The second-order valence-corrected chi connectivity index (χ2v) is 7.90. The number of hydrogen-bond acceptors (Lipinski definition) is 3. The topological polar surface area (TPSA) is 33.1 Å². The summed E-state index contributed by atoms with van der Waals surface area (Å²) in [7, 11) is 2.25. The number of hydrogen-bond donors (Lipinski definition) is 1. The van der Waals surface area contributed by atoms with Crippen molar-refractivity contribution in [1.82, 2.24) is 14.7 Å². The summed E-state index contributed by atoms with van der Waals surface area (Å²) in [4.78, 5) is 2.49. The standard InChI is InChI=1S/C19H25BrN4/c1-23-12-5-3-10-17(23)18-16-9-2-4-11-21-19(16)24(22-18)15-8-6-7-14(20)13-15/h6-8,13,17,21H,2-5,9-12H2,1H3. The Morgan fingerprint density at radius 2 is 2.12 bits per heavy atom. The number of likely N-dealkylation sites (tertiary alicyclic amines) is 1. The first kappa shape index (κ1) is 16.2. The average Bonchev–Trinajstić information content (AvgIpc) is 2.77. The first-order chi connectivity index (χ1) is 11.7. The van der Waals surface area contributed by atoms with Gasteiger partial charge in [-0.25, -0.2) is 4.68 Å². The second kappa shape index (κ2) is 6.89. The fourth-order valence-corrected chi connectivity index (χ4v) is 4.40. The Bertz CT molecular complexity index is 724. The first-order valence-corrected chi connectivity index (χ1v) is 9.85. The molecular formula is C19H25BrN4. The molecule has 0 spiro atoms. The summed E-state index contributed by atoms with van der Waals surface area (Å²) in [6.45, 7) is 2.21. The van der Waals surface area contributed by atoms with Gasteiger partial charge in [0.15, 0.2) is 0 Å². The van der Waals surface area contributed by atoms with Gasteiger partial charge in [-0.15, -0.1) is 0 Å². The van der Waals surface area contributed by atoms with Crippen molar-refractivity contribution >= 4 is 21.7 Å². The molecule has 3 heterocycles. The summed E-state index contributed by atoms with van der Waals surface area (Å²) in [6, 6.07) is 8.89. The highest BCUT2D eigenvalue weighted by Crippen LogP contribution is 2.37. The van der Waals surface area contributed by atoms with Crippen LogP contribution in [-0.4, -0.2) is 34.8 Å². The molecule has 0 aliphatic carbocycles. The highest BCUT2D eigenvalue weighted by atomic mass is 79.9. The van der Waals surface area contributed by atoms with Crippen LogP contribution in [0.4, 0.5) is 5.82 Å². The molecule has 2 aliphatic rings. The van der Waals surface area contributed by atoms with Gasteiger partial charge in [-0.2, -0.15) is 5.10 Å². The molecule has 0 bridgehead atoms. The number of fused-ring (bicyclic) bond motifs is 1. The highest BCUT2D eigenvalue weighted by Gasteiger charge is 2.29. The summed E-state index contributed by atoms with van der Waals surface area (Å²) in [5.41, 5.74) is 3.85. The number of benzene rings is 1. The van der Waals surface area contributed by atoms with E-state index in [0.29, 0.717) is 6.04 Å². The number of piperidine rings is 1. The van der Waals surface area contributed by atoms with Crippen LogP contribution in [0.5, 0.6) is 0 Å². The zero-order valence-electron chi connectivity index (χ0n) is 14.3. The van der Waals surface area contributed by atoms with Gasteiger partial charge in [0, 0.05) is 16.6 Å². The summed E-state index contributed by atoms with van der Waals surface area (Å²) in [6.07, 6.45) is 7.44. The van der Waals surface area contributed by atoms with Crippen LogP contribution in [0.15, 0.2) is 28.7 Å². The molecule has 1 aromatic heterocycles. The Labute approximate surface area is 152 Å². The van der Waals surface area contributed by atoms with Gasteiger partial charge in [0.25, 0.3) is 0 Å². The molecule has 1 aromatic carbocycles. The minimum atomic E-state index is 0.459. The fraction of sp³-hybridized carbons (Fsp3) is 0.526. The monoisotopic (exact) mass is 388 g/mol. The Balaban J connectivity index is 1.82. The van der Waals surface area contributed by atoms with E-state index in [9.17, 15) is 0 Å². The molecule has 4 rings (SSSR count). The summed E-state index contributed by atoms with van der Waals surface area (Å²) < 4.78 is 3.22.